The molecule has 11 heteroatoms. The highest BCUT2D eigenvalue weighted by Gasteiger charge is 2.56. The first-order valence-corrected chi connectivity index (χ1v) is 11.3. The second-order valence-corrected chi connectivity index (χ2v) is 10.4. The van der Waals surface area contributed by atoms with Gasteiger partial charge in [-0.15, -0.1) is 0 Å². The number of carbonyl (C=O) groups is 1. The molecule has 1 heterocycles. The molecule has 1 aromatic carbocycles. The summed E-state index contributed by atoms with van der Waals surface area (Å²) in [6.45, 7) is 0.587. The molecule has 1 amide bonds. The highest BCUT2D eigenvalue weighted by Crippen LogP contribution is 2.47. The highest BCUT2D eigenvalue weighted by atomic mass is 32.2. The van der Waals surface area contributed by atoms with Crippen LogP contribution >= 0.6 is 0 Å². The number of nitrogens with zero attached hydrogens (tertiary/aromatic N) is 1. The molecule has 144 valence electrons. The fourth-order valence-electron chi connectivity index (χ4n) is 3.14. The number of benzene rings is 1. The summed E-state index contributed by atoms with van der Waals surface area (Å²) in [7, 11) is -6.19. The van der Waals surface area contributed by atoms with Crippen molar-refractivity contribution in [3.05, 3.63) is 18.2 Å². The van der Waals surface area contributed by atoms with Crippen LogP contribution in [0.2, 0.25) is 0 Å². The first-order valence-electron chi connectivity index (χ1n) is 7.88. The summed E-state index contributed by atoms with van der Waals surface area (Å²) in [6.07, 6.45) is 1.28. The summed E-state index contributed by atoms with van der Waals surface area (Å²) in [4.78, 5) is 12.0. The molecular formula is C15H20N2O7S2. The van der Waals surface area contributed by atoms with E-state index in [-0.39, 0.29) is 21.5 Å². The van der Waals surface area contributed by atoms with E-state index in [0.717, 1.165) is 6.26 Å². The third kappa shape index (κ3) is 3.38. The minimum atomic E-state index is -3.96. The molecule has 3 rings (SSSR count). The third-order valence-corrected chi connectivity index (χ3v) is 7.61. The number of methoxy groups -OCH3 is 1. The van der Waals surface area contributed by atoms with Gasteiger partial charge in [-0.25, -0.2) is 26.4 Å². The number of amides is 1. The van der Waals surface area contributed by atoms with Gasteiger partial charge in [0.05, 0.1) is 12.0 Å². The molecule has 2 aliphatic rings. The Bertz CT molecular complexity index is 946. The summed E-state index contributed by atoms with van der Waals surface area (Å²) in [6, 6.07) is 3.61. The van der Waals surface area contributed by atoms with Crippen molar-refractivity contribution in [2.45, 2.75) is 28.2 Å². The summed E-state index contributed by atoms with van der Waals surface area (Å²) < 4.78 is 56.7. The van der Waals surface area contributed by atoms with E-state index < -0.39 is 31.5 Å². The zero-order chi connectivity index (χ0) is 19.3. The van der Waals surface area contributed by atoms with E-state index in [4.69, 9.17) is 9.84 Å². The Morgan fingerprint density at radius 1 is 1.27 bits per heavy atom. The number of sulfone groups is 1. The van der Waals surface area contributed by atoms with Gasteiger partial charge in [0.1, 0.15) is 10.6 Å². The van der Waals surface area contributed by atoms with Gasteiger partial charge in [0.15, 0.2) is 9.84 Å². The zero-order valence-electron chi connectivity index (χ0n) is 14.3. The fourth-order valence-corrected chi connectivity index (χ4v) is 5.44. The second-order valence-electron chi connectivity index (χ2n) is 6.73. The molecule has 1 aliphatic carbocycles. The number of likely N-dealkylation sites (tertiary alicyclic amines) is 1. The number of nitrogens with one attached hydrogen (secondary N) is 1. The van der Waals surface area contributed by atoms with Gasteiger partial charge in [-0.2, -0.15) is 0 Å². The van der Waals surface area contributed by atoms with Crippen molar-refractivity contribution >= 4 is 26.0 Å². The smallest absolute Gasteiger partial charge is 0.407 e. The number of sulfonamides is 1. The molecule has 2 fully saturated rings. The predicted molar refractivity (Wildman–Crippen MR) is 91.5 cm³/mol. The third-order valence-electron chi connectivity index (χ3n) is 4.91. The van der Waals surface area contributed by atoms with Gasteiger partial charge in [-0.05, 0) is 25.0 Å². The minimum absolute atomic E-state index is 0.0365. The molecule has 0 radical (unpaired) electrons. The van der Waals surface area contributed by atoms with Crippen molar-refractivity contribution in [3.8, 4) is 5.75 Å². The van der Waals surface area contributed by atoms with Crippen molar-refractivity contribution in [1.29, 1.82) is 0 Å². The average Bonchev–Trinajstić information content (AvgIpc) is 3.22. The lowest BCUT2D eigenvalue weighted by molar-refractivity contribution is 0.0637. The fraction of sp³-hybridized carbons (Fsp3) is 0.533. The molecule has 2 N–H and O–H groups in total. The van der Waals surface area contributed by atoms with E-state index in [1.165, 1.54) is 30.2 Å². The largest absolute Gasteiger partial charge is 0.495 e. The van der Waals surface area contributed by atoms with Crippen molar-refractivity contribution < 1.29 is 31.5 Å². The van der Waals surface area contributed by atoms with Crippen LogP contribution in [0.15, 0.2) is 28.0 Å². The van der Waals surface area contributed by atoms with E-state index in [0.29, 0.717) is 25.9 Å². The van der Waals surface area contributed by atoms with Gasteiger partial charge >= 0.3 is 6.09 Å². The molecule has 1 aromatic rings. The average molecular weight is 404 g/mol. The van der Waals surface area contributed by atoms with Gasteiger partial charge in [-0.3, -0.25) is 0 Å². The second kappa shape index (κ2) is 6.10. The van der Waals surface area contributed by atoms with E-state index in [1.807, 2.05) is 0 Å². The molecule has 0 atom stereocenters. The van der Waals surface area contributed by atoms with Crippen molar-refractivity contribution in [2.75, 3.05) is 26.5 Å². The van der Waals surface area contributed by atoms with Crippen LogP contribution in [0, 0.1) is 5.92 Å². The standard InChI is InChI=1S/C15H20N2O7S2/c1-24-12-7-11(25(2,20)21)3-4-13(12)26(22,23)16-15(5-6-15)10-8-17(9-10)14(18)19/h3-4,7,10,16H,5-6,8-9H2,1-2H3,(H,18,19). The van der Waals surface area contributed by atoms with Crippen molar-refractivity contribution in [3.63, 3.8) is 0 Å². The van der Waals surface area contributed by atoms with E-state index in [9.17, 15) is 21.6 Å². The van der Waals surface area contributed by atoms with Crippen LogP contribution in [-0.2, 0) is 19.9 Å². The summed E-state index contributed by atoms with van der Waals surface area (Å²) >= 11 is 0. The van der Waals surface area contributed by atoms with Crippen LogP contribution in [0.3, 0.4) is 0 Å². The van der Waals surface area contributed by atoms with Crippen LogP contribution in [0.4, 0.5) is 4.79 Å². The number of hydrogen-bond acceptors (Lipinski definition) is 6. The van der Waals surface area contributed by atoms with Gasteiger partial charge < -0.3 is 14.7 Å². The van der Waals surface area contributed by atoms with Crippen LogP contribution in [0.25, 0.3) is 0 Å². The lowest BCUT2D eigenvalue weighted by Gasteiger charge is -2.42. The maximum atomic E-state index is 12.8. The highest BCUT2D eigenvalue weighted by molar-refractivity contribution is 7.91. The Balaban J connectivity index is 1.84. The topological polar surface area (TPSA) is 130 Å². The quantitative estimate of drug-likeness (QED) is 0.707. The maximum Gasteiger partial charge on any atom is 0.407 e. The first kappa shape index (κ1) is 18.9. The molecule has 0 aromatic heterocycles. The molecular weight excluding hydrogens is 384 g/mol. The van der Waals surface area contributed by atoms with Crippen molar-refractivity contribution in [2.24, 2.45) is 5.92 Å². The molecule has 1 saturated carbocycles. The number of ether oxygens (including phenoxy) is 1. The molecule has 0 unspecified atom stereocenters. The summed E-state index contributed by atoms with van der Waals surface area (Å²) in [5.41, 5.74) is -0.648. The van der Waals surface area contributed by atoms with E-state index in [1.54, 1.807) is 0 Å². The maximum absolute atomic E-state index is 12.8. The molecule has 0 spiro atoms. The SMILES string of the molecule is COc1cc(S(C)(=O)=O)ccc1S(=O)(=O)NC1(C2CN(C(=O)O)C2)CC1. The van der Waals surface area contributed by atoms with E-state index in [2.05, 4.69) is 4.72 Å². The Labute approximate surface area is 151 Å². The lowest BCUT2D eigenvalue weighted by atomic mass is 9.90. The Morgan fingerprint density at radius 3 is 2.35 bits per heavy atom. The molecule has 26 heavy (non-hydrogen) atoms. The summed E-state index contributed by atoms with van der Waals surface area (Å²) in [5.74, 6) is -0.133. The van der Waals surface area contributed by atoms with Crippen molar-refractivity contribution in [1.82, 2.24) is 9.62 Å². The Hall–Kier alpha value is -1.85. The van der Waals surface area contributed by atoms with Gasteiger partial charge in [0, 0.05) is 36.9 Å². The normalized spacial score (nSPS) is 19.7. The molecule has 0 bridgehead atoms. The van der Waals surface area contributed by atoms with Crippen LogP contribution < -0.4 is 9.46 Å². The van der Waals surface area contributed by atoms with E-state index >= 15 is 0 Å². The van der Waals surface area contributed by atoms with Crippen LogP contribution in [0.5, 0.6) is 5.75 Å². The number of hydrogen-bond donors (Lipinski definition) is 2. The lowest BCUT2D eigenvalue weighted by Crippen LogP contribution is -2.59. The number of rotatable bonds is 6. The van der Waals surface area contributed by atoms with Gasteiger partial charge in [-0.1, -0.05) is 0 Å². The Kier molecular flexibility index (Phi) is 4.44. The zero-order valence-corrected chi connectivity index (χ0v) is 15.9. The predicted octanol–water partition coefficient (Wildman–Crippen LogP) is 0.519. The number of carboxylic acid groups (broad SMARTS) is 1. The first-order chi connectivity index (χ1) is 12.0. The molecule has 1 aliphatic heterocycles. The summed E-state index contributed by atoms with van der Waals surface area (Å²) in [5, 5.41) is 8.93. The van der Waals surface area contributed by atoms with Gasteiger partial charge in [0.2, 0.25) is 10.0 Å². The molecule has 1 saturated heterocycles. The minimum Gasteiger partial charge on any atom is -0.495 e. The monoisotopic (exact) mass is 404 g/mol. The molecule has 9 nitrogen and oxygen atoms in total. The Morgan fingerprint density at radius 2 is 1.88 bits per heavy atom. The van der Waals surface area contributed by atoms with Crippen LogP contribution in [0.1, 0.15) is 12.8 Å². The van der Waals surface area contributed by atoms with Crippen LogP contribution in [-0.4, -0.2) is 64.9 Å². The van der Waals surface area contributed by atoms with Gasteiger partial charge in [0.25, 0.3) is 0 Å².